The molecule has 1 saturated heterocycles. The maximum Gasteiger partial charge on any atom is 0.261 e. The zero-order valence-corrected chi connectivity index (χ0v) is 15.1. The second-order valence-electron chi connectivity index (χ2n) is 6.24. The van der Waals surface area contributed by atoms with Gasteiger partial charge in [-0.3, -0.25) is 14.6 Å². The van der Waals surface area contributed by atoms with Crippen molar-refractivity contribution in [3.63, 3.8) is 0 Å². The van der Waals surface area contributed by atoms with Crippen molar-refractivity contribution in [3.05, 3.63) is 53.9 Å². The van der Waals surface area contributed by atoms with Crippen molar-refractivity contribution in [3.8, 4) is 5.75 Å². The van der Waals surface area contributed by atoms with Gasteiger partial charge in [0.05, 0.1) is 5.69 Å². The summed E-state index contributed by atoms with van der Waals surface area (Å²) in [6.07, 6.45) is 0.736. The molecular formula is C20H23N3O3. The average Bonchev–Trinajstić information content (AvgIpc) is 2.67. The molecule has 1 fully saturated rings. The van der Waals surface area contributed by atoms with Crippen molar-refractivity contribution in [1.82, 2.24) is 9.88 Å². The molecule has 0 bridgehead atoms. The molecule has 3 rings (SSSR count). The minimum Gasteiger partial charge on any atom is -0.482 e. The van der Waals surface area contributed by atoms with Crippen LogP contribution in [0.25, 0.3) is 0 Å². The van der Waals surface area contributed by atoms with Gasteiger partial charge in [-0.1, -0.05) is 25.1 Å². The summed E-state index contributed by atoms with van der Waals surface area (Å²) in [5.74, 6) is 0.358. The molecule has 2 amide bonds. The van der Waals surface area contributed by atoms with Crippen molar-refractivity contribution in [1.29, 1.82) is 0 Å². The van der Waals surface area contributed by atoms with E-state index in [2.05, 4.69) is 4.98 Å². The molecule has 6 nitrogen and oxygen atoms in total. The highest BCUT2D eigenvalue weighted by atomic mass is 16.5. The minimum absolute atomic E-state index is 0.0733. The van der Waals surface area contributed by atoms with Gasteiger partial charge in [-0.05, 0) is 37.6 Å². The SMILES string of the molecule is CCc1nc(C)ccc1OCC(=O)N1CCN(c2ccccc2)C(=O)C1. The monoisotopic (exact) mass is 353 g/mol. The van der Waals surface area contributed by atoms with E-state index in [1.54, 1.807) is 9.80 Å². The lowest BCUT2D eigenvalue weighted by Gasteiger charge is -2.34. The summed E-state index contributed by atoms with van der Waals surface area (Å²) in [4.78, 5) is 32.5. The van der Waals surface area contributed by atoms with Gasteiger partial charge in [0.15, 0.2) is 6.61 Å². The Labute approximate surface area is 153 Å². The van der Waals surface area contributed by atoms with Crippen LogP contribution in [-0.2, 0) is 16.0 Å². The number of hydrogen-bond donors (Lipinski definition) is 0. The Morgan fingerprint density at radius 3 is 2.62 bits per heavy atom. The van der Waals surface area contributed by atoms with Crippen LogP contribution in [0.15, 0.2) is 42.5 Å². The second-order valence-corrected chi connectivity index (χ2v) is 6.24. The number of anilines is 1. The molecule has 0 radical (unpaired) electrons. The first kappa shape index (κ1) is 17.9. The van der Waals surface area contributed by atoms with Crippen molar-refractivity contribution in [2.75, 3.05) is 31.1 Å². The van der Waals surface area contributed by atoms with Crippen LogP contribution in [0.4, 0.5) is 5.69 Å². The summed E-state index contributed by atoms with van der Waals surface area (Å²) in [6.45, 7) is 4.89. The number of ether oxygens (including phenoxy) is 1. The number of rotatable bonds is 5. The standard InChI is InChI=1S/C20H23N3O3/c1-3-17-18(10-9-15(2)21-17)26-14-20(25)22-11-12-23(19(24)13-22)16-7-5-4-6-8-16/h4-10H,3,11-14H2,1-2H3. The van der Waals surface area contributed by atoms with Gasteiger partial charge in [0.2, 0.25) is 5.91 Å². The Balaban J connectivity index is 1.58. The Morgan fingerprint density at radius 2 is 1.92 bits per heavy atom. The van der Waals surface area contributed by atoms with E-state index in [1.807, 2.05) is 56.3 Å². The van der Waals surface area contributed by atoms with Gasteiger partial charge in [0, 0.05) is 24.5 Å². The summed E-state index contributed by atoms with van der Waals surface area (Å²) >= 11 is 0. The highest BCUT2D eigenvalue weighted by Gasteiger charge is 2.28. The van der Waals surface area contributed by atoms with Gasteiger partial charge in [0.25, 0.3) is 5.91 Å². The van der Waals surface area contributed by atoms with E-state index in [4.69, 9.17) is 4.74 Å². The number of carbonyl (C=O) groups excluding carboxylic acids is 2. The summed E-state index contributed by atoms with van der Waals surface area (Å²) in [5.41, 5.74) is 2.62. The largest absolute Gasteiger partial charge is 0.482 e. The van der Waals surface area contributed by atoms with E-state index in [0.29, 0.717) is 18.8 Å². The third kappa shape index (κ3) is 4.02. The molecule has 0 atom stereocenters. The van der Waals surface area contributed by atoms with Crippen LogP contribution in [0.5, 0.6) is 5.75 Å². The van der Waals surface area contributed by atoms with Crippen LogP contribution in [0.3, 0.4) is 0 Å². The van der Waals surface area contributed by atoms with Crippen LogP contribution in [0, 0.1) is 6.92 Å². The van der Waals surface area contributed by atoms with Crippen molar-refractivity contribution >= 4 is 17.5 Å². The van der Waals surface area contributed by atoms with E-state index in [0.717, 1.165) is 23.5 Å². The molecule has 0 unspecified atom stereocenters. The number of pyridine rings is 1. The van der Waals surface area contributed by atoms with Gasteiger partial charge < -0.3 is 14.5 Å². The predicted molar refractivity (Wildman–Crippen MR) is 99.2 cm³/mol. The molecule has 1 aliphatic rings. The van der Waals surface area contributed by atoms with Crippen LogP contribution in [0.1, 0.15) is 18.3 Å². The number of piperazine rings is 1. The minimum atomic E-state index is -0.186. The third-order valence-electron chi connectivity index (χ3n) is 4.40. The molecule has 2 heterocycles. The number of benzene rings is 1. The van der Waals surface area contributed by atoms with E-state index in [9.17, 15) is 9.59 Å². The van der Waals surface area contributed by atoms with Gasteiger partial charge >= 0.3 is 0 Å². The summed E-state index contributed by atoms with van der Waals surface area (Å²) < 4.78 is 5.67. The van der Waals surface area contributed by atoms with Crippen molar-refractivity contribution in [2.24, 2.45) is 0 Å². The summed E-state index contributed by atoms with van der Waals surface area (Å²) in [6, 6.07) is 13.2. The van der Waals surface area contributed by atoms with Gasteiger partial charge in [-0.15, -0.1) is 0 Å². The fraction of sp³-hybridized carbons (Fsp3) is 0.350. The number of carbonyl (C=O) groups is 2. The summed E-state index contributed by atoms with van der Waals surface area (Å²) in [5, 5.41) is 0. The molecule has 1 aromatic carbocycles. The highest BCUT2D eigenvalue weighted by Crippen LogP contribution is 2.19. The van der Waals surface area contributed by atoms with Crippen LogP contribution in [0.2, 0.25) is 0 Å². The van der Waals surface area contributed by atoms with Gasteiger partial charge in [-0.2, -0.15) is 0 Å². The molecule has 6 heteroatoms. The van der Waals surface area contributed by atoms with Gasteiger partial charge in [-0.25, -0.2) is 0 Å². The first-order chi connectivity index (χ1) is 12.6. The fourth-order valence-electron chi connectivity index (χ4n) is 2.98. The number of aromatic nitrogens is 1. The average molecular weight is 353 g/mol. The number of aryl methyl sites for hydroxylation is 2. The number of nitrogens with zero attached hydrogens (tertiary/aromatic N) is 3. The molecule has 1 aliphatic heterocycles. The zero-order valence-electron chi connectivity index (χ0n) is 15.1. The number of hydrogen-bond acceptors (Lipinski definition) is 4. The zero-order chi connectivity index (χ0) is 18.5. The smallest absolute Gasteiger partial charge is 0.261 e. The van der Waals surface area contributed by atoms with Crippen LogP contribution < -0.4 is 9.64 Å². The third-order valence-corrected chi connectivity index (χ3v) is 4.40. The van der Waals surface area contributed by atoms with E-state index >= 15 is 0 Å². The fourth-order valence-corrected chi connectivity index (χ4v) is 2.98. The molecule has 26 heavy (non-hydrogen) atoms. The maximum atomic E-state index is 12.4. The van der Waals surface area contributed by atoms with E-state index in [1.165, 1.54) is 0 Å². The molecule has 0 saturated carbocycles. The van der Waals surface area contributed by atoms with Crippen LogP contribution >= 0.6 is 0 Å². The molecule has 0 aliphatic carbocycles. The Kier molecular flexibility index (Phi) is 5.51. The molecule has 136 valence electrons. The Hall–Kier alpha value is -2.89. The number of para-hydroxylation sites is 1. The maximum absolute atomic E-state index is 12.4. The lowest BCUT2D eigenvalue weighted by atomic mass is 10.2. The first-order valence-electron chi connectivity index (χ1n) is 8.81. The first-order valence-corrected chi connectivity index (χ1v) is 8.81. The van der Waals surface area contributed by atoms with E-state index < -0.39 is 0 Å². The predicted octanol–water partition coefficient (Wildman–Crippen LogP) is 2.21. The van der Waals surface area contributed by atoms with Crippen molar-refractivity contribution < 1.29 is 14.3 Å². The quantitative estimate of drug-likeness (QED) is 0.827. The molecule has 0 spiro atoms. The molecule has 2 aromatic rings. The molecule has 1 aromatic heterocycles. The Morgan fingerprint density at radius 1 is 1.15 bits per heavy atom. The van der Waals surface area contributed by atoms with Crippen LogP contribution in [-0.4, -0.2) is 47.9 Å². The van der Waals surface area contributed by atoms with Crippen molar-refractivity contribution in [2.45, 2.75) is 20.3 Å². The highest BCUT2D eigenvalue weighted by molar-refractivity contribution is 5.98. The number of amides is 2. The lowest BCUT2D eigenvalue weighted by Crippen LogP contribution is -2.53. The normalized spacial score (nSPS) is 14.5. The summed E-state index contributed by atoms with van der Waals surface area (Å²) in [7, 11) is 0. The second kappa shape index (κ2) is 7.99. The van der Waals surface area contributed by atoms with Gasteiger partial charge in [0.1, 0.15) is 12.3 Å². The van der Waals surface area contributed by atoms with E-state index in [-0.39, 0.29) is 25.0 Å². The molecular weight excluding hydrogens is 330 g/mol. The lowest BCUT2D eigenvalue weighted by molar-refractivity contribution is -0.138. The topological polar surface area (TPSA) is 62.7 Å². The molecule has 0 N–H and O–H groups in total. The Bertz CT molecular complexity index is 792.